The number of para-hydroxylation sites is 1. The highest BCUT2D eigenvalue weighted by molar-refractivity contribution is 5.84. The van der Waals surface area contributed by atoms with E-state index in [1.54, 1.807) is 4.90 Å². The molecule has 0 bridgehead atoms. The molecular weight excluding hydrogens is 306 g/mol. The molecule has 0 spiro atoms. The molecule has 130 valence electrons. The minimum atomic E-state index is -0.877. The first-order valence-corrected chi connectivity index (χ1v) is 8.70. The van der Waals surface area contributed by atoms with Crippen molar-refractivity contribution in [1.82, 2.24) is 9.80 Å². The molecule has 3 rings (SSSR count). The second-order valence-corrected chi connectivity index (χ2v) is 6.50. The van der Waals surface area contributed by atoms with Gasteiger partial charge in [-0.15, -0.1) is 0 Å². The Hall–Kier alpha value is -2.08. The number of nitrogens with zero attached hydrogens (tertiary/aromatic N) is 3. The number of carboxylic acid groups (broad SMARTS) is 1. The van der Waals surface area contributed by atoms with Crippen molar-refractivity contribution in [1.29, 1.82) is 0 Å². The van der Waals surface area contributed by atoms with E-state index in [1.807, 2.05) is 6.07 Å². The molecule has 0 saturated carbocycles. The van der Waals surface area contributed by atoms with Crippen molar-refractivity contribution in [2.75, 3.05) is 44.2 Å². The van der Waals surface area contributed by atoms with Crippen molar-refractivity contribution < 1.29 is 14.7 Å². The lowest BCUT2D eigenvalue weighted by Gasteiger charge is -2.36. The van der Waals surface area contributed by atoms with Crippen molar-refractivity contribution in [2.45, 2.75) is 25.3 Å². The van der Waals surface area contributed by atoms with Crippen LogP contribution in [0.2, 0.25) is 0 Å². The summed E-state index contributed by atoms with van der Waals surface area (Å²) in [6.45, 7) is 5.08. The molecule has 2 aliphatic rings. The minimum absolute atomic E-state index is 0.0228. The van der Waals surface area contributed by atoms with Crippen LogP contribution in [0, 0.1) is 0 Å². The van der Waals surface area contributed by atoms with Gasteiger partial charge in [-0.25, -0.2) is 4.79 Å². The Kier molecular flexibility index (Phi) is 5.35. The van der Waals surface area contributed by atoms with Crippen molar-refractivity contribution in [3.63, 3.8) is 0 Å². The second kappa shape index (κ2) is 7.66. The summed E-state index contributed by atoms with van der Waals surface area (Å²) < 4.78 is 0. The van der Waals surface area contributed by atoms with E-state index in [0.29, 0.717) is 25.9 Å². The molecule has 24 heavy (non-hydrogen) atoms. The predicted octanol–water partition coefficient (Wildman–Crippen LogP) is 1.27. The van der Waals surface area contributed by atoms with Crippen LogP contribution in [-0.2, 0) is 9.59 Å². The van der Waals surface area contributed by atoms with Crippen LogP contribution in [0.5, 0.6) is 0 Å². The van der Waals surface area contributed by atoms with Gasteiger partial charge in [0.05, 0.1) is 0 Å². The summed E-state index contributed by atoms with van der Waals surface area (Å²) in [6.07, 6.45) is 1.78. The van der Waals surface area contributed by atoms with Gasteiger partial charge in [0.1, 0.15) is 6.04 Å². The standard InChI is InChI=1S/C18H25N3O3/c22-17(21-9-4-7-16(21)18(23)24)8-10-19-11-13-20(14-12-19)15-5-2-1-3-6-15/h1-3,5-6,16H,4,7-14H2,(H,23,24)/t16-/m0/s1. The number of carbonyl (C=O) groups excluding carboxylic acids is 1. The van der Waals surface area contributed by atoms with Gasteiger partial charge in [-0.05, 0) is 25.0 Å². The van der Waals surface area contributed by atoms with Crippen LogP contribution in [0.3, 0.4) is 0 Å². The van der Waals surface area contributed by atoms with Crippen molar-refractivity contribution in [3.05, 3.63) is 30.3 Å². The summed E-state index contributed by atoms with van der Waals surface area (Å²) in [4.78, 5) is 29.7. The number of likely N-dealkylation sites (tertiary alicyclic amines) is 1. The van der Waals surface area contributed by atoms with Crippen molar-refractivity contribution in [2.24, 2.45) is 0 Å². The third kappa shape index (κ3) is 3.87. The molecule has 0 radical (unpaired) electrons. The Bertz CT molecular complexity index is 570. The van der Waals surface area contributed by atoms with Crippen LogP contribution in [0.15, 0.2) is 30.3 Å². The lowest BCUT2D eigenvalue weighted by Crippen LogP contribution is -2.48. The highest BCUT2D eigenvalue weighted by atomic mass is 16.4. The number of rotatable bonds is 5. The summed E-state index contributed by atoms with van der Waals surface area (Å²) in [5, 5.41) is 9.18. The fourth-order valence-electron chi connectivity index (χ4n) is 3.59. The number of carboxylic acids is 1. The topological polar surface area (TPSA) is 64.1 Å². The Morgan fingerprint density at radius 3 is 2.42 bits per heavy atom. The van der Waals surface area contributed by atoms with Gasteiger partial charge in [0, 0.05) is 51.4 Å². The van der Waals surface area contributed by atoms with Crippen LogP contribution in [0.4, 0.5) is 5.69 Å². The van der Waals surface area contributed by atoms with Gasteiger partial charge >= 0.3 is 5.97 Å². The highest BCUT2D eigenvalue weighted by Gasteiger charge is 2.33. The highest BCUT2D eigenvalue weighted by Crippen LogP contribution is 2.19. The van der Waals surface area contributed by atoms with Crippen LogP contribution < -0.4 is 4.90 Å². The Labute approximate surface area is 142 Å². The van der Waals surface area contributed by atoms with Crippen molar-refractivity contribution >= 4 is 17.6 Å². The van der Waals surface area contributed by atoms with Crippen LogP contribution in [-0.4, -0.2) is 72.1 Å². The number of hydrogen-bond donors (Lipinski definition) is 1. The number of piperazine rings is 1. The van der Waals surface area contributed by atoms with Gasteiger partial charge in [-0.1, -0.05) is 18.2 Å². The fourth-order valence-corrected chi connectivity index (χ4v) is 3.59. The maximum atomic E-state index is 12.3. The first kappa shape index (κ1) is 16.8. The first-order valence-electron chi connectivity index (χ1n) is 8.70. The summed E-state index contributed by atoms with van der Waals surface area (Å²) in [7, 11) is 0. The van der Waals surface area contributed by atoms with E-state index >= 15 is 0 Å². The smallest absolute Gasteiger partial charge is 0.326 e. The first-order chi connectivity index (χ1) is 11.6. The molecule has 2 fully saturated rings. The molecule has 1 amide bonds. The lowest BCUT2D eigenvalue weighted by atomic mass is 10.2. The molecular formula is C18H25N3O3. The average molecular weight is 331 g/mol. The van der Waals surface area contributed by atoms with Gasteiger partial charge < -0.3 is 14.9 Å². The summed E-state index contributed by atoms with van der Waals surface area (Å²) in [6, 6.07) is 9.75. The molecule has 6 heteroatoms. The third-order valence-corrected chi connectivity index (χ3v) is 4.99. The van der Waals surface area contributed by atoms with Gasteiger partial charge in [-0.2, -0.15) is 0 Å². The number of hydrogen-bond acceptors (Lipinski definition) is 4. The molecule has 6 nitrogen and oxygen atoms in total. The Morgan fingerprint density at radius 1 is 1.04 bits per heavy atom. The molecule has 1 atom stereocenters. The van der Waals surface area contributed by atoms with Crippen LogP contribution in [0.25, 0.3) is 0 Å². The zero-order valence-electron chi connectivity index (χ0n) is 13.9. The molecule has 2 heterocycles. The van der Waals surface area contributed by atoms with Gasteiger partial charge in [0.15, 0.2) is 0 Å². The zero-order chi connectivity index (χ0) is 16.9. The van der Waals surface area contributed by atoms with Gasteiger partial charge in [0.25, 0.3) is 0 Å². The quantitative estimate of drug-likeness (QED) is 0.880. The van der Waals surface area contributed by atoms with Gasteiger partial charge in [0.2, 0.25) is 5.91 Å². The molecule has 0 unspecified atom stereocenters. The molecule has 0 aliphatic carbocycles. The Balaban J connectivity index is 1.43. The molecule has 1 N–H and O–H groups in total. The largest absolute Gasteiger partial charge is 0.480 e. The van der Waals surface area contributed by atoms with E-state index in [1.165, 1.54) is 5.69 Å². The average Bonchev–Trinajstić information content (AvgIpc) is 3.11. The normalized spacial score (nSPS) is 21.9. The summed E-state index contributed by atoms with van der Waals surface area (Å²) in [5.41, 5.74) is 1.24. The molecule has 2 saturated heterocycles. The summed E-state index contributed by atoms with van der Waals surface area (Å²) >= 11 is 0. The molecule has 2 aliphatic heterocycles. The predicted molar refractivity (Wildman–Crippen MR) is 92.1 cm³/mol. The number of anilines is 1. The maximum absolute atomic E-state index is 12.3. The summed E-state index contributed by atoms with van der Waals surface area (Å²) in [5.74, 6) is -0.900. The van der Waals surface area contributed by atoms with E-state index in [4.69, 9.17) is 0 Å². The second-order valence-electron chi connectivity index (χ2n) is 6.50. The molecule has 0 aromatic heterocycles. The van der Waals surface area contributed by atoms with E-state index in [0.717, 1.165) is 32.6 Å². The van der Waals surface area contributed by atoms with E-state index in [-0.39, 0.29) is 5.91 Å². The monoisotopic (exact) mass is 331 g/mol. The van der Waals surface area contributed by atoms with Crippen LogP contribution >= 0.6 is 0 Å². The van der Waals surface area contributed by atoms with Crippen molar-refractivity contribution in [3.8, 4) is 0 Å². The minimum Gasteiger partial charge on any atom is -0.480 e. The van der Waals surface area contributed by atoms with E-state index < -0.39 is 12.0 Å². The lowest BCUT2D eigenvalue weighted by molar-refractivity contribution is -0.148. The number of benzene rings is 1. The number of aliphatic carboxylic acids is 1. The maximum Gasteiger partial charge on any atom is 0.326 e. The van der Waals surface area contributed by atoms with Crippen LogP contribution in [0.1, 0.15) is 19.3 Å². The van der Waals surface area contributed by atoms with Gasteiger partial charge in [-0.3, -0.25) is 9.69 Å². The van der Waals surface area contributed by atoms with E-state index in [2.05, 4.69) is 34.1 Å². The number of amides is 1. The number of carbonyl (C=O) groups is 2. The Morgan fingerprint density at radius 2 is 1.75 bits per heavy atom. The fraction of sp³-hybridized carbons (Fsp3) is 0.556. The third-order valence-electron chi connectivity index (χ3n) is 4.99. The SMILES string of the molecule is O=C(O)[C@@H]1CCCN1C(=O)CCN1CCN(c2ccccc2)CC1. The van der Waals surface area contributed by atoms with E-state index in [9.17, 15) is 14.7 Å². The zero-order valence-corrected chi connectivity index (χ0v) is 13.9. The molecule has 1 aromatic rings. The molecule has 1 aromatic carbocycles.